The number of aryl methyl sites for hydroxylation is 1. The second-order valence-electron chi connectivity index (χ2n) is 4.63. The molecular formula is C17H13ClN2. The Morgan fingerprint density at radius 1 is 0.800 bits per heavy atom. The molecule has 3 heteroatoms. The molecule has 2 aromatic carbocycles. The summed E-state index contributed by atoms with van der Waals surface area (Å²) >= 11 is 6.13. The van der Waals surface area contributed by atoms with Crippen molar-refractivity contribution in [1.29, 1.82) is 0 Å². The molecule has 20 heavy (non-hydrogen) atoms. The van der Waals surface area contributed by atoms with E-state index in [1.807, 2.05) is 54.6 Å². The van der Waals surface area contributed by atoms with Gasteiger partial charge in [-0.05, 0) is 6.92 Å². The third kappa shape index (κ3) is 2.70. The van der Waals surface area contributed by atoms with E-state index in [1.165, 1.54) is 5.56 Å². The average Bonchev–Trinajstić information content (AvgIpc) is 2.48. The number of halogens is 1. The minimum atomic E-state index is 0.453. The smallest absolute Gasteiger partial charge is 0.161 e. The summed E-state index contributed by atoms with van der Waals surface area (Å²) < 4.78 is 0. The van der Waals surface area contributed by atoms with Crippen molar-refractivity contribution >= 4 is 11.6 Å². The van der Waals surface area contributed by atoms with Crippen molar-refractivity contribution in [3.8, 4) is 22.6 Å². The molecule has 0 aliphatic rings. The van der Waals surface area contributed by atoms with Gasteiger partial charge in [0.15, 0.2) is 5.82 Å². The van der Waals surface area contributed by atoms with Gasteiger partial charge < -0.3 is 0 Å². The zero-order chi connectivity index (χ0) is 13.9. The summed E-state index contributed by atoms with van der Waals surface area (Å²) in [4.78, 5) is 8.92. The minimum Gasteiger partial charge on any atom is -0.228 e. The highest BCUT2D eigenvalue weighted by Gasteiger charge is 2.07. The van der Waals surface area contributed by atoms with E-state index in [1.54, 1.807) is 6.07 Å². The Balaban J connectivity index is 2.09. The molecule has 0 aliphatic heterocycles. The quantitative estimate of drug-likeness (QED) is 0.632. The summed E-state index contributed by atoms with van der Waals surface area (Å²) in [6.45, 7) is 2.05. The van der Waals surface area contributed by atoms with E-state index in [-0.39, 0.29) is 0 Å². The number of benzene rings is 2. The van der Waals surface area contributed by atoms with Crippen molar-refractivity contribution in [2.24, 2.45) is 0 Å². The molecular weight excluding hydrogens is 268 g/mol. The summed E-state index contributed by atoms with van der Waals surface area (Å²) in [6, 6.07) is 19.9. The van der Waals surface area contributed by atoms with Crippen molar-refractivity contribution in [1.82, 2.24) is 9.97 Å². The Bertz CT molecular complexity index is 722. The molecule has 0 unspecified atom stereocenters. The van der Waals surface area contributed by atoms with Gasteiger partial charge in [0.2, 0.25) is 0 Å². The standard InChI is InChI=1S/C17H13ClN2/c1-12-7-9-14(10-8-12)17-19-15(11-16(18)20-17)13-5-3-2-4-6-13/h2-11H,1H3. The van der Waals surface area contributed by atoms with E-state index in [0.29, 0.717) is 11.0 Å². The lowest BCUT2D eigenvalue weighted by atomic mass is 10.1. The van der Waals surface area contributed by atoms with Crippen LogP contribution in [0.5, 0.6) is 0 Å². The Kier molecular flexibility index (Phi) is 3.48. The third-order valence-corrected chi connectivity index (χ3v) is 3.27. The van der Waals surface area contributed by atoms with Gasteiger partial charge in [-0.25, -0.2) is 9.97 Å². The summed E-state index contributed by atoms with van der Waals surface area (Å²) in [5.74, 6) is 0.649. The number of aromatic nitrogens is 2. The molecule has 0 N–H and O–H groups in total. The fraction of sp³-hybridized carbons (Fsp3) is 0.0588. The van der Waals surface area contributed by atoms with E-state index in [0.717, 1.165) is 16.8 Å². The van der Waals surface area contributed by atoms with Gasteiger partial charge in [0.05, 0.1) is 5.69 Å². The van der Waals surface area contributed by atoms with Crippen molar-refractivity contribution in [3.63, 3.8) is 0 Å². The molecule has 0 aliphatic carbocycles. The van der Waals surface area contributed by atoms with Crippen molar-refractivity contribution in [2.75, 3.05) is 0 Å². The molecule has 0 amide bonds. The fourth-order valence-electron chi connectivity index (χ4n) is 2.01. The second kappa shape index (κ2) is 5.43. The number of hydrogen-bond donors (Lipinski definition) is 0. The van der Waals surface area contributed by atoms with Crippen LogP contribution in [-0.4, -0.2) is 9.97 Å². The zero-order valence-electron chi connectivity index (χ0n) is 11.0. The first-order chi connectivity index (χ1) is 9.72. The molecule has 0 radical (unpaired) electrons. The first-order valence-electron chi connectivity index (χ1n) is 6.39. The predicted molar refractivity (Wildman–Crippen MR) is 82.7 cm³/mol. The van der Waals surface area contributed by atoms with Gasteiger partial charge in [-0.3, -0.25) is 0 Å². The van der Waals surface area contributed by atoms with Gasteiger partial charge in [0, 0.05) is 17.2 Å². The molecule has 1 heterocycles. The summed E-state index contributed by atoms with van der Waals surface area (Å²) in [7, 11) is 0. The maximum atomic E-state index is 6.13. The molecule has 0 saturated carbocycles. The molecule has 1 aromatic heterocycles. The van der Waals surface area contributed by atoms with Crippen LogP contribution >= 0.6 is 11.6 Å². The van der Waals surface area contributed by atoms with Crippen LogP contribution < -0.4 is 0 Å². The van der Waals surface area contributed by atoms with Gasteiger partial charge in [-0.1, -0.05) is 71.8 Å². The van der Waals surface area contributed by atoms with E-state index >= 15 is 0 Å². The van der Waals surface area contributed by atoms with Gasteiger partial charge in [0.1, 0.15) is 5.15 Å². The highest BCUT2D eigenvalue weighted by Crippen LogP contribution is 2.24. The van der Waals surface area contributed by atoms with Crippen LogP contribution in [0.3, 0.4) is 0 Å². The molecule has 98 valence electrons. The van der Waals surface area contributed by atoms with E-state index < -0.39 is 0 Å². The highest BCUT2D eigenvalue weighted by atomic mass is 35.5. The Labute approximate surface area is 123 Å². The highest BCUT2D eigenvalue weighted by molar-refractivity contribution is 6.29. The summed E-state index contributed by atoms with van der Waals surface area (Å²) in [5, 5.41) is 0.453. The first kappa shape index (κ1) is 12.8. The lowest BCUT2D eigenvalue weighted by Gasteiger charge is -2.06. The van der Waals surface area contributed by atoms with E-state index in [9.17, 15) is 0 Å². The van der Waals surface area contributed by atoms with Crippen LogP contribution in [0.4, 0.5) is 0 Å². The Hall–Kier alpha value is -2.19. The molecule has 0 bridgehead atoms. The largest absolute Gasteiger partial charge is 0.228 e. The van der Waals surface area contributed by atoms with Gasteiger partial charge in [-0.15, -0.1) is 0 Å². The van der Waals surface area contributed by atoms with E-state index in [2.05, 4.69) is 16.9 Å². The van der Waals surface area contributed by atoms with Gasteiger partial charge in [0.25, 0.3) is 0 Å². The average molecular weight is 281 g/mol. The van der Waals surface area contributed by atoms with Crippen LogP contribution in [0, 0.1) is 6.92 Å². The third-order valence-electron chi connectivity index (χ3n) is 3.07. The van der Waals surface area contributed by atoms with Crippen molar-refractivity contribution in [2.45, 2.75) is 6.92 Å². The van der Waals surface area contributed by atoms with Crippen molar-refractivity contribution < 1.29 is 0 Å². The van der Waals surface area contributed by atoms with Crippen LogP contribution in [-0.2, 0) is 0 Å². The monoisotopic (exact) mass is 280 g/mol. The maximum absolute atomic E-state index is 6.13. The van der Waals surface area contributed by atoms with Gasteiger partial charge >= 0.3 is 0 Å². The summed E-state index contributed by atoms with van der Waals surface area (Å²) in [6.07, 6.45) is 0. The summed E-state index contributed by atoms with van der Waals surface area (Å²) in [5.41, 5.74) is 4.04. The maximum Gasteiger partial charge on any atom is 0.161 e. The zero-order valence-corrected chi connectivity index (χ0v) is 11.8. The van der Waals surface area contributed by atoms with Crippen LogP contribution in [0.1, 0.15) is 5.56 Å². The van der Waals surface area contributed by atoms with E-state index in [4.69, 9.17) is 11.6 Å². The molecule has 0 atom stereocenters. The number of hydrogen-bond acceptors (Lipinski definition) is 2. The Morgan fingerprint density at radius 2 is 1.50 bits per heavy atom. The van der Waals surface area contributed by atoms with Crippen LogP contribution in [0.15, 0.2) is 60.7 Å². The lowest BCUT2D eigenvalue weighted by molar-refractivity contribution is 1.18. The second-order valence-corrected chi connectivity index (χ2v) is 5.02. The van der Waals surface area contributed by atoms with Crippen LogP contribution in [0.2, 0.25) is 5.15 Å². The molecule has 0 spiro atoms. The number of rotatable bonds is 2. The Morgan fingerprint density at radius 3 is 2.20 bits per heavy atom. The first-order valence-corrected chi connectivity index (χ1v) is 6.77. The van der Waals surface area contributed by atoms with Gasteiger partial charge in [-0.2, -0.15) is 0 Å². The van der Waals surface area contributed by atoms with Crippen molar-refractivity contribution in [3.05, 3.63) is 71.4 Å². The SMILES string of the molecule is Cc1ccc(-c2nc(Cl)cc(-c3ccccc3)n2)cc1. The molecule has 0 saturated heterocycles. The lowest BCUT2D eigenvalue weighted by Crippen LogP contribution is -1.93. The molecule has 0 fully saturated rings. The predicted octanol–water partition coefficient (Wildman–Crippen LogP) is 4.77. The number of nitrogens with zero attached hydrogens (tertiary/aromatic N) is 2. The fourth-order valence-corrected chi connectivity index (χ4v) is 2.19. The molecule has 2 nitrogen and oxygen atoms in total. The topological polar surface area (TPSA) is 25.8 Å². The van der Waals surface area contributed by atoms with Crippen LogP contribution in [0.25, 0.3) is 22.6 Å². The normalized spacial score (nSPS) is 10.5. The minimum absolute atomic E-state index is 0.453. The molecule has 3 aromatic rings. The molecule has 3 rings (SSSR count).